The summed E-state index contributed by atoms with van der Waals surface area (Å²) in [6.07, 6.45) is 5.99. The maximum atomic E-state index is 11.8. The normalized spacial score (nSPS) is 41.5. The highest BCUT2D eigenvalue weighted by Crippen LogP contribution is 2.40. The minimum absolute atomic E-state index is 0.472. The Hall–Kier alpha value is -0.670. The van der Waals surface area contributed by atoms with E-state index in [2.05, 4.69) is 23.4 Å². The second kappa shape index (κ2) is 4.78. The van der Waals surface area contributed by atoms with E-state index in [9.17, 15) is 4.79 Å². The van der Waals surface area contributed by atoms with Crippen molar-refractivity contribution in [1.29, 1.82) is 0 Å². The molecule has 0 N–H and O–H groups in total. The molecular formula is C15H24N2O. The Morgan fingerprint density at radius 2 is 2.28 bits per heavy atom. The van der Waals surface area contributed by atoms with Gasteiger partial charge in [-0.3, -0.25) is 9.69 Å². The van der Waals surface area contributed by atoms with Crippen LogP contribution in [0.15, 0.2) is 12.7 Å². The summed E-state index contributed by atoms with van der Waals surface area (Å²) in [5, 5.41) is 0. The summed E-state index contributed by atoms with van der Waals surface area (Å²) in [7, 11) is 2.24. The van der Waals surface area contributed by atoms with E-state index in [1.165, 1.54) is 19.5 Å². The standard InChI is InChI=1S/C15H24N2O/c1-3-4-14-13-7-11(9-16(14)2)10-17-6-5-12(18)8-15(13)17/h3,11,13-15H,1,4-10H2,2H3/t11-,13-,14?,15?/m1/s1. The first-order valence-corrected chi connectivity index (χ1v) is 7.26. The lowest BCUT2D eigenvalue weighted by Crippen LogP contribution is -2.62. The number of carbonyl (C=O) groups excluding carboxylic acids is 1. The van der Waals surface area contributed by atoms with Crippen LogP contribution in [0.4, 0.5) is 0 Å². The Kier molecular flexibility index (Phi) is 3.29. The summed E-state index contributed by atoms with van der Waals surface area (Å²) >= 11 is 0. The van der Waals surface area contributed by atoms with Gasteiger partial charge in [0.1, 0.15) is 5.78 Å². The molecule has 0 aromatic carbocycles. The van der Waals surface area contributed by atoms with Crippen molar-refractivity contribution >= 4 is 5.78 Å². The fourth-order valence-electron chi connectivity index (χ4n) is 4.44. The zero-order valence-corrected chi connectivity index (χ0v) is 11.3. The van der Waals surface area contributed by atoms with Crippen LogP contribution in [0.25, 0.3) is 0 Å². The van der Waals surface area contributed by atoms with E-state index in [0.717, 1.165) is 31.7 Å². The van der Waals surface area contributed by atoms with Gasteiger partial charge in [-0.15, -0.1) is 6.58 Å². The summed E-state index contributed by atoms with van der Waals surface area (Å²) in [4.78, 5) is 16.9. The predicted molar refractivity (Wildman–Crippen MR) is 72.4 cm³/mol. The van der Waals surface area contributed by atoms with Crippen molar-refractivity contribution in [3.63, 3.8) is 0 Å². The van der Waals surface area contributed by atoms with Crippen LogP contribution in [0, 0.1) is 11.8 Å². The number of hydrogen-bond donors (Lipinski definition) is 0. The van der Waals surface area contributed by atoms with E-state index in [1.54, 1.807) is 0 Å². The largest absolute Gasteiger partial charge is 0.302 e. The molecule has 0 amide bonds. The van der Waals surface area contributed by atoms with Crippen LogP contribution in [0.1, 0.15) is 25.7 Å². The Balaban J connectivity index is 1.83. The van der Waals surface area contributed by atoms with E-state index in [-0.39, 0.29) is 0 Å². The van der Waals surface area contributed by atoms with Crippen LogP contribution >= 0.6 is 0 Å². The van der Waals surface area contributed by atoms with Gasteiger partial charge in [0.05, 0.1) is 0 Å². The lowest BCUT2D eigenvalue weighted by Gasteiger charge is -2.55. The third kappa shape index (κ3) is 2.04. The van der Waals surface area contributed by atoms with E-state index in [1.807, 2.05) is 6.08 Å². The first kappa shape index (κ1) is 12.4. The number of nitrogens with zero attached hydrogens (tertiary/aromatic N) is 2. The average molecular weight is 248 g/mol. The molecule has 3 saturated heterocycles. The fraction of sp³-hybridized carbons (Fsp3) is 0.800. The van der Waals surface area contributed by atoms with Gasteiger partial charge in [0, 0.05) is 44.6 Å². The molecule has 100 valence electrons. The minimum atomic E-state index is 0.472. The van der Waals surface area contributed by atoms with Crippen LogP contribution in [-0.2, 0) is 4.79 Å². The Labute approximate surface area is 110 Å². The van der Waals surface area contributed by atoms with Gasteiger partial charge in [-0.2, -0.15) is 0 Å². The van der Waals surface area contributed by atoms with Gasteiger partial charge >= 0.3 is 0 Å². The molecule has 0 aromatic rings. The fourth-order valence-corrected chi connectivity index (χ4v) is 4.44. The highest BCUT2D eigenvalue weighted by molar-refractivity contribution is 5.80. The highest BCUT2D eigenvalue weighted by Gasteiger charge is 2.46. The maximum absolute atomic E-state index is 11.8. The van der Waals surface area contributed by atoms with Crippen LogP contribution in [0.5, 0.6) is 0 Å². The van der Waals surface area contributed by atoms with Crippen molar-refractivity contribution in [2.24, 2.45) is 11.8 Å². The lowest BCUT2D eigenvalue weighted by molar-refractivity contribution is -0.129. The topological polar surface area (TPSA) is 23.6 Å². The Morgan fingerprint density at radius 1 is 1.44 bits per heavy atom. The number of ketones is 1. The van der Waals surface area contributed by atoms with Crippen molar-refractivity contribution in [3.8, 4) is 0 Å². The molecule has 3 aliphatic heterocycles. The molecule has 3 heterocycles. The van der Waals surface area contributed by atoms with E-state index >= 15 is 0 Å². The SMILES string of the molecule is C=CCC1[C@H]2C[C@H](CN1C)CN1CCC(=O)CC21. The molecule has 2 unspecified atom stereocenters. The van der Waals surface area contributed by atoms with Gasteiger partial charge < -0.3 is 4.90 Å². The number of likely N-dealkylation sites (tertiary alicyclic amines) is 1. The van der Waals surface area contributed by atoms with Crippen molar-refractivity contribution in [2.75, 3.05) is 26.7 Å². The second-order valence-corrected chi connectivity index (χ2v) is 6.35. The molecule has 3 aliphatic rings. The number of carbonyl (C=O) groups is 1. The van der Waals surface area contributed by atoms with Gasteiger partial charge in [-0.05, 0) is 31.7 Å². The van der Waals surface area contributed by atoms with Crippen molar-refractivity contribution in [1.82, 2.24) is 9.80 Å². The van der Waals surface area contributed by atoms with E-state index < -0.39 is 0 Å². The molecule has 4 atom stereocenters. The Morgan fingerprint density at radius 3 is 3.06 bits per heavy atom. The summed E-state index contributed by atoms with van der Waals surface area (Å²) in [5.41, 5.74) is 0. The summed E-state index contributed by atoms with van der Waals surface area (Å²) in [6.45, 7) is 7.33. The van der Waals surface area contributed by atoms with Crippen LogP contribution in [-0.4, -0.2) is 54.3 Å². The maximum Gasteiger partial charge on any atom is 0.135 e. The number of piperidine rings is 3. The average Bonchev–Trinajstić information content (AvgIpc) is 2.35. The van der Waals surface area contributed by atoms with Gasteiger partial charge in [0.2, 0.25) is 0 Å². The zero-order valence-electron chi connectivity index (χ0n) is 11.3. The molecule has 0 radical (unpaired) electrons. The van der Waals surface area contributed by atoms with Crippen molar-refractivity contribution in [2.45, 2.75) is 37.8 Å². The van der Waals surface area contributed by atoms with Crippen LogP contribution < -0.4 is 0 Å². The summed E-state index contributed by atoms with van der Waals surface area (Å²) in [6, 6.07) is 1.10. The van der Waals surface area contributed by atoms with Gasteiger partial charge in [-0.1, -0.05) is 6.08 Å². The quantitative estimate of drug-likeness (QED) is 0.693. The molecule has 3 rings (SSSR count). The minimum Gasteiger partial charge on any atom is -0.302 e. The predicted octanol–water partition coefficient (Wildman–Crippen LogP) is 1.55. The summed E-state index contributed by atoms with van der Waals surface area (Å²) < 4.78 is 0. The molecule has 3 nitrogen and oxygen atoms in total. The molecule has 0 aromatic heterocycles. The van der Waals surface area contributed by atoms with Gasteiger partial charge in [-0.25, -0.2) is 0 Å². The lowest BCUT2D eigenvalue weighted by atomic mass is 9.71. The molecule has 3 heteroatoms. The number of Topliss-reactive ketones (excluding diaryl/α,β-unsaturated/α-hetero) is 1. The van der Waals surface area contributed by atoms with Crippen LogP contribution in [0.2, 0.25) is 0 Å². The first-order chi connectivity index (χ1) is 8.69. The van der Waals surface area contributed by atoms with E-state index in [0.29, 0.717) is 23.8 Å². The number of fused-ring (bicyclic) bond motifs is 4. The van der Waals surface area contributed by atoms with Crippen molar-refractivity contribution in [3.05, 3.63) is 12.7 Å². The van der Waals surface area contributed by atoms with Crippen LogP contribution in [0.3, 0.4) is 0 Å². The molecular weight excluding hydrogens is 224 g/mol. The molecule has 0 spiro atoms. The molecule has 3 fully saturated rings. The van der Waals surface area contributed by atoms with Gasteiger partial charge in [0.25, 0.3) is 0 Å². The van der Waals surface area contributed by atoms with Crippen molar-refractivity contribution < 1.29 is 4.79 Å². The third-order valence-corrected chi connectivity index (χ3v) is 5.19. The highest BCUT2D eigenvalue weighted by atomic mass is 16.1. The number of rotatable bonds is 2. The molecule has 0 aliphatic carbocycles. The second-order valence-electron chi connectivity index (χ2n) is 6.35. The van der Waals surface area contributed by atoms with Gasteiger partial charge in [0.15, 0.2) is 0 Å². The first-order valence-electron chi connectivity index (χ1n) is 7.26. The molecule has 0 saturated carbocycles. The monoisotopic (exact) mass is 248 g/mol. The Bertz CT molecular complexity index is 354. The third-order valence-electron chi connectivity index (χ3n) is 5.19. The summed E-state index contributed by atoms with van der Waals surface area (Å²) in [5.74, 6) is 1.95. The van der Waals surface area contributed by atoms with E-state index in [4.69, 9.17) is 0 Å². The molecule has 2 bridgehead atoms. The molecule has 18 heavy (non-hydrogen) atoms. The zero-order chi connectivity index (χ0) is 12.7. The number of hydrogen-bond acceptors (Lipinski definition) is 3. The smallest absolute Gasteiger partial charge is 0.135 e.